The van der Waals surface area contributed by atoms with Crippen LogP contribution in [0.4, 0.5) is 0 Å². The Bertz CT molecular complexity index is 968. The van der Waals surface area contributed by atoms with E-state index in [1.807, 2.05) is 24.8 Å². The minimum Gasteiger partial charge on any atom is -0.508 e. The first-order chi connectivity index (χ1) is 14.4. The smallest absolute Gasteiger partial charge is 0.334 e. The molecule has 1 unspecified atom stereocenters. The van der Waals surface area contributed by atoms with Crippen LogP contribution in [-0.2, 0) is 26.2 Å². The summed E-state index contributed by atoms with van der Waals surface area (Å²) in [7, 11) is 0. The average Bonchev–Trinajstić information content (AvgIpc) is 2.66. The van der Waals surface area contributed by atoms with Gasteiger partial charge in [0.15, 0.2) is 5.60 Å². The highest BCUT2D eigenvalue weighted by Gasteiger charge is 2.60. The number of ether oxygens (including phenoxy) is 1. The number of hydrogen-bond acceptors (Lipinski definition) is 4. The number of carbonyl (C=O) groups excluding carboxylic acids is 2. The number of nitrogens with zero attached hydrogens (tertiary/aromatic N) is 1. The highest BCUT2D eigenvalue weighted by Crippen LogP contribution is 2.57. The number of esters is 1. The number of hydrogen-bond donors (Lipinski definition) is 1. The summed E-state index contributed by atoms with van der Waals surface area (Å²) in [6.07, 6.45) is 3.48. The van der Waals surface area contributed by atoms with Gasteiger partial charge >= 0.3 is 5.97 Å². The lowest BCUT2D eigenvalue weighted by Gasteiger charge is -2.62. The van der Waals surface area contributed by atoms with E-state index in [4.69, 9.17) is 4.74 Å². The number of amides is 1. The van der Waals surface area contributed by atoms with E-state index in [0.717, 1.165) is 24.0 Å². The largest absolute Gasteiger partial charge is 0.508 e. The third kappa shape index (κ3) is 3.03. The lowest BCUT2D eigenvalue weighted by atomic mass is 9.50. The normalized spacial score (nSPS) is 27.5. The van der Waals surface area contributed by atoms with E-state index >= 15 is 0 Å². The van der Waals surface area contributed by atoms with Gasteiger partial charge in [-0.2, -0.15) is 0 Å². The number of fused-ring (bicyclic) bond motifs is 4. The van der Waals surface area contributed by atoms with Gasteiger partial charge in [0.1, 0.15) is 5.75 Å². The molecule has 1 aromatic carbocycles. The Morgan fingerprint density at radius 2 is 1.77 bits per heavy atom. The molecule has 0 radical (unpaired) electrons. The fourth-order valence-corrected chi connectivity index (χ4v) is 5.75. The molecule has 2 aliphatic carbocycles. The summed E-state index contributed by atoms with van der Waals surface area (Å²) >= 11 is 0. The zero-order valence-electron chi connectivity index (χ0n) is 19.7. The molecule has 0 spiro atoms. The van der Waals surface area contributed by atoms with Gasteiger partial charge in [0.2, 0.25) is 0 Å². The molecule has 4 rings (SSSR count). The van der Waals surface area contributed by atoms with Crippen LogP contribution in [-0.4, -0.2) is 40.1 Å². The standard InChI is InChI=1S/C26H35NO4/c1-16(2)17(3)22(29)31-26(11-8-12-26)23(30)27-14-13-25(6)19-9-7-10-20(28)18(19)15-21(27)24(25,4)5/h7,9-10,21,28H,8,11-15H2,1-6H3/t21?,25-/m0/s1. The molecule has 1 amide bonds. The second kappa shape index (κ2) is 7.11. The maximum Gasteiger partial charge on any atom is 0.334 e. The van der Waals surface area contributed by atoms with Gasteiger partial charge in [0.25, 0.3) is 5.91 Å². The number of likely N-dealkylation sites (tertiary alicyclic amines) is 1. The van der Waals surface area contributed by atoms with E-state index in [1.54, 1.807) is 13.0 Å². The van der Waals surface area contributed by atoms with Gasteiger partial charge in [-0.25, -0.2) is 4.79 Å². The van der Waals surface area contributed by atoms with Gasteiger partial charge < -0.3 is 14.7 Å². The van der Waals surface area contributed by atoms with E-state index in [1.165, 1.54) is 5.56 Å². The molecule has 1 saturated carbocycles. The van der Waals surface area contributed by atoms with Crippen LogP contribution in [0, 0.1) is 5.41 Å². The summed E-state index contributed by atoms with van der Waals surface area (Å²) in [4.78, 5) is 28.5. The van der Waals surface area contributed by atoms with Gasteiger partial charge in [-0.15, -0.1) is 0 Å². The van der Waals surface area contributed by atoms with Gasteiger partial charge in [0, 0.05) is 23.6 Å². The Labute approximate surface area is 185 Å². The second-order valence-corrected chi connectivity index (χ2v) is 10.7. The summed E-state index contributed by atoms with van der Waals surface area (Å²) in [6.45, 7) is 12.9. The first kappa shape index (κ1) is 21.9. The third-order valence-electron chi connectivity index (χ3n) is 8.78. The van der Waals surface area contributed by atoms with Crippen molar-refractivity contribution in [1.29, 1.82) is 0 Å². The SMILES string of the molecule is CC(C)=C(C)C(=O)OC1(C(=O)N2CC[C@@]3(C)c4cccc(O)c4CC2C3(C)C)CCC1. The van der Waals surface area contributed by atoms with Crippen LogP contribution in [0.1, 0.15) is 78.4 Å². The molecule has 5 nitrogen and oxygen atoms in total. The van der Waals surface area contributed by atoms with Crippen molar-refractivity contribution < 1.29 is 19.4 Å². The number of phenols is 1. The number of carbonyl (C=O) groups is 2. The second-order valence-electron chi connectivity index (χ2n) is 10.7. The molecule has 1 N–H and O–H groups in total. The predicted octanol–water partition coefficient (Wildman–Crippen LogP) is 4.66. The van der Waals surface area contributed by atoms with Crippen molar-refractivity contribution in [3.8, 4) is 5.75 Å². The monoisotopic (exact) mass is 425 g/mol. The van der Waals surface area contributed by atoms with Gasteiger partial charge in [0.05, 0.1) is 0 Å². The molecule has 0 aromatic heterocycles. The third-order valence-corrected chi connectivity index (χ3v) is 8.78. The van der Waals surface area contributed by atoms with Crippen molar-refractivity contribution in [2.24, 2.45) is 5.41 Å². The van der Waals surface area contributed by atoms with Crippen LogP contribution >= 0.6 is 0 Å². The van der Waals surface area contributed by atoms with Crippen LogP contribution in [0.3, 0.4) is 0 Å². The average molecular weight is 426 g/mol. The summed E-state index contributed by atoms with van der Waals surface area (Å²) in [5.41, 5.74) is 2.27. The van der Waals surface area contributed by atoms with Crippen molar-refractivity contribution in [3.63, 3.8) is 0 Å². The number of benzene rings is 1. The molecular weight excluding hydrogens is 390 g/mol. The van der Waals surface area contributed by atoms with Crippen molar-refractivity contribution in [3.05, 3.63) is 40.5 Å². The van der Waals surface area contributed by atoms with Gasteiger partial charge in [-0.1, -0.05) is 38.5 Å². The number of piperidine rings is 1. The van der Waals surface area contributed by atoms with Crippen molar-refractivity contribution >= 4 is 11.9 Å². The highest BCUT2D eigenvalue weighted by atomic mass is 16.6. The maximum atomic E-state index is 13.9. The van der Waals surface area contributed by atoms with Gasteiger partial charge in [-0.05, 0) is 75.5 Å². The topological polar surface area (TPSA) is 66.8 Å². The highest BCUT2D eigenvalue weighted by molar-refractivity contribution is 5.94. The number of aromatic hydroxyl groups is 1. The number of phenolic OH excluding ortho intramolecular Hbond substituents is 1. The fourth-order valence-electron chi connectivity index (χ4n) is 5.75. The van der Waals surface area contributed by atoms with E-state index in [-0.39, 0.29) is 28.7 Å². The van der Waals surface area contributed by atoms with E-state index in [9.17, 15) is 14.7 Å². The molecule has 168 valence electrons. The molecule has 1 saturated heterocycles. The molecule has 1 aliphatic heterocycles. The minimum atomic E-state index is -1.05. The lowest BCUT2D eigenvalue weighted by Crippen LogP contribution is -2.68. The zero-order valence-corrected chi connectivity index (χ0v) is 19.7. The number of rotatable bonds is 3. The Morgan fingerprint density at radius 1 is 1.10 bits per heavy atom. The van der Waals surface area contributed by atoms with Crippen molar-refractivity contribution in [2.75, 3.05) is 6.54 Å². The molecule has 2 fully saturated rings. The van der Waals surface area contributed by atoms with E-state index < -0.39 is 5.60 Å². The van der Waals surface area contributed by atoms with Crippen molar-refractivity contribution in [1.82, 2.24) is 4.90 Å². The van der Waals surface area contributed by atoms with E-state index in [0.29, 0.717) is 37.1 Å². The zero-order chi connectivity index (χ0) is 22.8. The Morgan fingerprint density at radius 3 is 2.35 bits per heavy atom. The summed E-state index contributed by atoms with van der Waals surface area (Å²) in [6, 6.07) is 5.73. The summed E-state index contributed by atoms with van der Waals surface area (Å²) in [5.74, 6) is -0.143. The van der Waals surface area contributed by atoms with Crippen LogP contribution in [0.2, 0.25) is 0 Å². The minimum absolute atomic E-state index is 0.0553. The quantitative estimate of drug-likeness (QED) is 0.565. The first-order valence-electron chi connectivity index (χ1n) is 11.4. The molecule has 2 bridgehead atoms. The molecule has 1 heterocycles. The van der Waals surface area contributed by atoms with Crippen LogP contribution in [0.15, 0.2) is 29.3 Å². The fraction of sp³-hybridized carbons (Fsp3) is 0.615. The van der Waals surface area contributed by atoms with Crippen LogP contribution in [0.25, 0.3) is 0 Å². The Hall–Kier alpha value is -2.30. The Kier molecular flexibility index (Phi) is 5.03. The summed E-state index contributed by atoms with van der Waals surface area (Å²) < 4.78 is 5.90. The van der Waals surface area contributed by atoms with Crippen LogP contribution < -0.4 is 0 Å². The summed E-state index contributed by atoms with van der Waals surface area (Å²) in [5, 5.41) is 10.6. The molecule has 5 heteroatoms. The van der Waals surface area contributed by atoms with Crippen LogP contribution in [0.5, 0.6) is 5.75 Å². The lowest BCUT2D eigenvalue weighted by molar-refractivity contribution is -0.188. The Balaban J connectivity index is 1.69. The van der Waals surface area contributed by atoms with Gasteiger partial charge in [-0.3, -0.25) is 4.79 Å². The van der Waals surface area contributed by atoms with Crippen molar-refractivity contribution in [2.45, 2.75) is 90.7 Å². The molecular formula is C26H35NO4. The molecule has 1 aromatic rings. The van der Waals surface area contributed by atoms with E-state index in [2.05, 4.69) is 26.8 Å². The maximum absolute atomic E-state index is 13.9. The molecule has 31 heavy (non-hydrogen) atoms. The predicted molar refractivity (Wildman–Crippen MR) is 120 cm³/mol. The molecule has 3 aliphatic rings. The number of allylic oxidation sites excluding steroid dienone is 1. The molecule has 2 atom stereocenters. The first-order valence-corrected chi connectivity index (χ1v) is 11.4.